The van der Waals surface area contributed by atoms with Gasteiger partial charge in [0, 0.05) is 12.8 Å². The topological polar surface area (TPSA) is 74.2 Å². The van der Waals surface area contributed by atoms with Crippen molar-refractivity contribution in [2.24, 2.45) is 0 Å². The highest BCUT2D eigenvalue weighted by atomic mass is 19.3. The zero-order valence-corrected chi connectivity index (χ0v) is 19.2. The highest BCUT2D eigenvalue weighted by molar-refractivity contribution is 5.83. The van der Waals surface area contributed by atoms with E-state index >= 15 is 0 Å². The minimum Gasteiger partial charge on any atom is -0.432 e. The number of alkyl halides is 4. The minimum absolute atomic E-state index is 0.0924. The number of carbonyl (C=O) groups is 1. The Morgan fingerprint density at radius 2 is 1.56 bits per heavy atom. The molecule has 1 fully saturated rings. The molecule has 0 heterocycles. The van der Waals surface area contributed by atoms with Gasteiger partial charge in [0.2, 0.25) is 5.91 Å². The van der Waals surface area contributed by atoms with Gasteiger partial charge in [0.15, 0.2) is 0 Å². The van der Waals surface area contributed by atoms with Crippen LogP contribution in [0.2, 0.25) is 0 Å². The Balaban J connectivity index is 1.73. The Morgan fingerprint density at radius 3 is 2.11 bits per heavy atom. The van der Waals surface area contributed by atoms with E-state index in [1.807, 2.05) is 6.07 Å². The van der Waals surface area contributed by atoms with Crippen molar-refractivity contribution >= 4 is 5.91 Å². The zero-order chi connectivity index (χ0) is 26.4. The maximum Gasteiger partial charge on any atom is 0.410 e. The molecule has 11 heteroatoms. The fourth-order valence-corrected chi connectivity index (χ4v) is 4.05. The average Bonchev–Trinajstić information content (AvgIpc) is 3.28. The number of nitrogens with one attached hydrogen (secondary N) is 2. The summed E-state index contributed by atoms with van der Waals surface area (Å²) in [5.74, 6) is -6.19. The normalized spacial score (nSPS) is 16.2. The van der Waals surface area contributed by atoms with Crippen LogP contribution in [0.15, 0.2) is 48.5 Å². The SMILES string of the molecule is N#CC1(NC(=O)[C@H](CC(F)(F)Cc2ccc(F)cc2)NCC(F)(F)Oc2ccc(F)cc2)CCCC1. The largest absolute Gasteiger partial charge is 0.432 e. The maximum absolute atomic E-state index is 14.9. The maximum atomic E-state index is 14.9. The predicted molar refractivity (Wildman–Crippen MR) is 118 cm³/mol. The van der Waals surface area contributed by atoms with E-state index in [-0.39, 0.29) is 11.3 Å². The van der Waals surface area contributed by atoms with Crippen molar-refractivity contribution in [2.75, 3.05) is 6.54 Å². The second kappa shape index (κ2) is 11.2. The van der Waals surface area contributed by atoms with E-state index in [2.05, 4.69) is 15.4 Å². The van der Waals surface area contributed by atoms with Gasteiger partial charge >= 0.3 is 6.11 Å². The van der Waals surface area contributed by atoms with Crippen molar-refractivity contribution < 1.29 is 35.9 Å². The van der Waals surface area contributed by atoms with Crippen molar-refractivity contribution in [1.82, 2.24) is 10.6 Å². The van der Waals surface area contributed by atoms with Crippen LogP contribution in [0.4, 0.5) is 26.3 Å². The van der Waals surface area contributed by atoms with E-state index < -0.39 is 60.5 Å². The first-order valence-corrected chi connectivity index (χ1v) is 11.3. The molecular weight excluding hydrogens is 488 g/mol. The predicted octanol–water partition coefficient (Wildman–Crippen LogP) is 5.12. The summed E-state index contributed by atoms with van der Waals surface area (Å²) < 4.78 is 89.2. The molecule has 2 aromatic carbocycles. The van der Waals surface area contributed by atoms with Gasteiger partial charge in [-0.3, -0.25) is 10.1 Å². The summed E-state index contributed by atoms with van der Waals surface area (Å²) in [6, 6.07) is 8.32. The van der Waals surface area contributed by atoms with Gasteiger partial charge in [-0.1, -0.05) is 12.1 Å². The highest BCUT2D eigenvalue weighted by Gasteiger charge is 2.42. The van der Waals surface area contributed by atoms with Crippen LogP contribution >= 0.6 is 0 Å². The lowest BCUT2D eigenvalue weighted by Gasteiger charge is -2.29. The second-order valence-electron chi connectivity index (χ2n) is 8.88. The summed E-state index contributed by atoms with van der Waals surface area (Å²) in [5.41, 5.74) is -1.16. The van der Waals surface area contributed by atoms with Crippen LogP contribution in [0.25, 0.3) is 0 Å². The fourth-order valence-electron chi connectivity index (χ4n) is 4.05. The molecule has 2 aromatic rings. The molecule has 36 heavy (non-hydrogen) atoms. The lowest BCUT2D eigenvalue weighted by atomic mass is 9.96. The van der Waals surface area contributed by atoms with Gasteiger partial charge in [-0.25, -0.2) is 17.6 Å². The van der Waals surface area contributed by atoms with Gasteiger partial charge in [-0.05, 0) is 67.6 Å². The third-order valence-corrected chi connectivity index (χ3v) is 5.86. The molecule has 0 aromatic heterocycles. The fraction of sp³-hybridized carbons (Fsp3) is 0.440. The molecule has 1 amide bonds. The number of carbonyl (C=O) groups excluding carboxylic acids is 1. The number of nitrogens with zero attached hydrogens (tertiary/aromatic N) is 1. The van der Waals surface area contributed by atoms with Gasteiger partial charge in [0.1, 0.15) is 29.5 Å². The van der Waals surface area contributed by atoms with E-state index in [0.717, 1.165) is 36.4 Å². The van der Waals surface area contributed by atoms with E-state index in [9.17, 15) is 36.4 Å². The van der Waals surface area contributed by atoms with Crippen LogP contribution in [0, 0.1) is 23.0 Å². The van der Waals surface area contributed by atoms with Gasteiger partial charge in [-0.15, -0.1) is 0 Å². The summed E-state index contributed by atoms with van der Waals surface area (Å²) in [6.45, 7) is -1.31. The second-order valence-corrected chi connectivity index (χ2v) is 8.88. The molecule has 1 aliphatic carbocycles. The molecule has 194 valence electrons. The molecule has 0 unspecified atom stereocenters. The Kier molecular flexibility index (Phi) is 8.51. The van der Waals surface area contributed by atoms with E-state index in [1.54, 1.807) is 0 Å². The van der Waals surface area contributed by atoms with Crippen molar-refractivity contribution in [3.63, 3.8) is 0 Å². The minimum atomic E-state index is -3.93. The average molecular weight is 513 g/mol. The number of benzene rings is 2. The molecule has 0 aliphatic heterocycles. The molecule has 0 radical (unpaired) electrons. The lowest BCUT2D eigenvalue weighted by molar-refractivity contribution is -0.174. The number of hydrogen-bond acceptors (Lipinski definition) is 4. The first-order valence-electron chi connectivity index (χ1n) is 11.3. The van der Waals surface area contributed by atoms with Crippen LogP contribution in [0.5, 0.6) is 5.75 Å². The van der Waals surface area contributed by atoms with Crippen LogP contribution in [0.3, 0.4) is 0 Å². The number of nitriles is 1. The quantitative estimate of drug-likeness (QED) is 0.410. The molecule has 1 atom stereocenters. The summed E-state index contributed by atoms with van der Waals surface area (Å²) in [4.78, 5) is 12.9. The van der Waals surface area contributed by atoms with Crippen molar-refractivity contribution in [1.29, 1.82) is 5.26 Å². The molecule has 0 bridgehead atoms. The highest BCUT2D eigenvalue weighted by Crippen LogP contribution is 2.31. The lowest BCUT2D eigenvalue weighted by Crippen LogP contribution is -2.56. The molecule has 0 spiro atoms. The van der Waals surface area contributed by atoms with Gasteiger partial charge in [-0.2, -0.15) is 14.0 Å². The number of ether oxygens (including phenoxy) is 1. The molecule has 1 aliphatic rings. The monoisotopic (exact) mass is 513 g/mol. The molecule has 3 rings (SSSR count). The molecular formula is C25H25F6N3O2. The van der Waals surface area contributed by atoms with Crippen molar-refractivity contribution in [3.05, 3.63) is 65.7 Å². The smallest absolute Gasteiger partial charge is 0.410 e. The number of halogens is 6. The Labute approximate surface area is 204 Å². The van der Waals surface area contributed by atoms with Gasteiger partial charge in [0.25, 0.3) is 5.92 Å². The molecule has 2 N–H and O–H groups in total. The standard InChI is InChI=1S/C25H25F6N3O2/c26-18-5-3-17(4-6-18)13-24(28,29)14-21(22(35)34-23(15-32)11-1-2-12-23)33-16-25(30,31)36-20-9-7-19(27)8-10-20/h3-10,21,33H,1-2,11-14,16H2,(H,34,35)/t21-/m0/s1. The van der Waals surface area contributed by atoms with E-state index in [0.29, 0.717) is 25.7 Å². The van der Waals surface area contributed by atoms with Crippen LogP contribution in [-0.2, 0) is 11.2 Å². The van der Waals surface area contributed by atoms with E-state index in [1.165, 1.54) is 12.1 Å². The summed E-state index contributed by atoms with van der Waals surface area (Å²) in [6.07, 6.45) is -4.01. The third kappa shape index (κ3) is 7.88. The van der Waals surface area contributed by atoms with Gasteiger partial charge in [0.05, 0.1) is 12.1 Å². The van der Waals surface area contributed by atoms with Crippen molar-refractivity contribution in [3.8, 4) is 11.8 Å². The number of hydrogen-bond donors (Lipinski definition) is 2. The third-order valence-electron chi connectivity index (χ3n) is 5.86. The zero-order valence-electron chi connectivity index (χ0n) is 19.2. The van der Waals surface area contributed by atoms with Crippen LogP contribution in [-0.4, -0.2) is 36.1 Å². The van der Waals surface area contributed by atoms with Crippen LogP contribution in [0.1, 0.15) is 37.7 Å². The Bertz CT molecular complexity index is 1060. The van der Waals surface area contributed by atoms with Gasteiger partial charge < -0.3 is 10.1 Å². The summed E-state index contributed by atoms with van der Waals surface area (Å²) in [5, 5.41) is 14.1. The van der Waals surface area contributed by atoms with E-state index in [4.69, 9.17) is 0 Å². The molecule has 5 nitrogen and oxygen atoms in total. The number of rotatable bonds is 11. The Hall–Kier alpha value is -3.26. The Morgan fingerprint density at radius 1 is 1.00 bits per heavy atom. The summed E-state index contributed by atoms with van der Waals surface area (Å²) >= 11 is 0. The van der Waals surface area contributed by atoms with Crippen molar-refractivity contribution in [2.45, 2.75) is 62.1 Å². The first-order chi connectivity index (χ1) is 16.9. The molecule has 0 saturated heterocycles. The molecule has 1 saturated carbocycles. The summed E-state index contributed by atoms with van der Waals surface area (Å²) in [7, 11) is 0. The first kappa shape index (κ1) is 27.3. The number of amides is 1. The van der Waals surface area contributed by atoms with Crippen LogP contribution < -0.4 is 15.4 Å².